The van der Waals surface area contributed by atoms with Crippen molar-refractivity contribution in [2.45, 2.75) is 13.3 Å². The fourth-order valence-electron chi connectivity index (χ4n) is 2.55. The van der Waals surface area contributed by atoms with E-state index in [-0.39, 0.29) is 0 Å². The lowest BCUT2D eigenvalue weighted by Crippen LogP contribution is -2.00. The summed E-state index contributed by atoms with van der Waals surface area (Å²) in [5.74, 6) is 0.758. The van der Waals surface area contributed by atoms with Gasteiger partial charge in [-0.1, -0.05) is 19.1 Å². The van der Waals surface area contributed by atoms with E-state index < -0.39 is 0 Å². The Bertz CT molecular complexity index is 941. The third kappa shape index (κ3) is 2.57. The van der Waals surface area contributed by atoms with Crippen molar-refractivity contribution in [3.8, 4) is 5.69 Å². The molecule has 2 aromatic carbocycles. The van der Waals surface area contributed by atoms with Crippen LogP contribution >= 0.6 is 0 Å². The Kier molecular flexibility index (Phi) is 3.31. The first kappa shape index (κ1) is 13.6. The van der Waals surface area contributed by atoms with Crippen LogP contribution in [0.25, 0.3) is 16.8 Å². The van der Waals surface area contributed by atoms with E-state index in [1.54, 1.807) is 6.20 Å². The van der Waals surface area contributed by atoms with Crippen LogP contribution in [0, 0.1) is 0 Å². The first-order chi connectivity index (χ1) is 11.3. The molecule has 0 radical (unpaired) electrons. The van der Waals surface area contributed by atoms with Crippen LogP contribution in [-0.2, 0) is 6.42 Å². The van der Waals surface area contributed by atoms with Crippen LogP contribution in [0.1, 0.15) is 12.8 Å². The van der Waals surface area contributed by atoms with E-state index in [4.69, 9.17) is 4.42 Å². The second kappa shape index (κ2) is 5.61. The van der Waals surface area contributed by atoms with E-state index in [1.807, 2.05) is 66.3 Å². The van der Waals surface area contributed by atoms with Gasteiger partial charge in [0.1, 0.15) is 5.52 Å². The molecular formula is C18H16N4O. The summed E-state index contributed by atoms with van der Waals surface area (Å²) in [7, 11) is 0. The highest BCUT2D eigenvalue weighted by Gasteiger charge is 2.08. The molecule has 0 amide bonds. The predicted molar refractivity (Wildman–Crippen MR) is 90.2 cm³/mol. The quantitative estimate of drug-likeness (QED) is 0.610. The van der Waals surface area contributed by atoms with Crippen LogP contribution in [0.5, 0.6) is 0 Å². The van der Waals surface area contributed by atoms with Gasteiger partial charge in [-0.2, -0.15) is 5.10 Å². The number of para-hydroxylation sites is 2. The molecule has 114 valence electrons. The predicted octanol–water partition coefficient (Wildman–Crippen LogP) is 4.32. The lowest BCUT2D eigenvalue weighted by Gasteiger charge is -2.11. The third-order valence-electron chi connectivity index (χ3n) is 3.67. The number of fused-ring (bicyclic) bond motifs is 1. The molecule has 0 aliphatic heterocycles. The van der Waals surface area contributed by atoms with E-state index in [1.165, 1.54) is 0 Å². The van der Waals surface area contributed by atoms with Gasteiger partial charge in [-0.25, -0.2) is 9.67 Å². The molecule has 5 nitrogen and oxygen atoms in total. The highest BCUT2D eigenvalue weighted by atomic mass is 16.3. The Labute approximate surface area is 133 Å². The summed E-state index contributed by atoms with van der Waals surface area (Å²) in [5, 5.41) is 7.74. The average Bonchev–Trinajstić information content (AvgIpc) is 3.24. The van der Waals surface area contributed by atoms with Gasteiger partial charge >= 0.3 is 0 Å². The summed E-state index contributed by atoms with van der Waals surface area (Å²) in [4.78, 5) is 4.48. The van der Waals surface area contributed by atoms with E-state index in [9.17, 15) is 0 Å². The van der Waals surface area contributed by atoms with Crippen molar-refractivity contribution >= 4 is 22.5 Å². The van der Waals surface area contributed by atoms with Gasteiger partial charge < -0.3 is 9.73 Å². The first-order valence-electron chi connectivity index (χ1n) is 7.59. The van der Waals surface area contributed by atoms with Crippen LogP contribution in [0.3, 0.4) is 0 Å². The summed E-state index contributed by atoms with van der Waals surface area (Å²) in [6.45, 7) is 2.03. The third-order valence-corrected chi connectivity index (χ3v) is 3.67. The van der Waals surface area contributed by atoms with Crippen LogP contribution in [-0.4, -0.2) is 14.8 Å². The second-order valence-corrected chi connectivity index (χ2v) is 5.24. The van der Waals surface area contributed by atoms with Gasteiger partial charge in [0.2, 0.25) is 0 Å². The number of hydrogen-bond acceptors (Lipinski definition) is 4. The Morgan fingerprint density at radius 1 is 1.13 bits per heavy atom. The van der Waals surface area contributed by atoms with E-state index >= 15 is 0 Å². The minimum absolute atomic E-state index is 0.758. The number of nitrogens with zero attached hydrogens (tertiary/aromatic N) is 3. The van der Waals surface area contributed by atoms with Crippen LogP contribution in [0.4, 0.5) is 11.4 Å². The molecule has 0 unspecified atom stereocenters. The van der Waals surface area contributed by atoms with Crippen molar-refractivity contribution in [1.29, 1.82) is 0 Å². The fraction of sp³-hybridized carbons (Fsp3) is 0.111. The topological polar surface area (TPSA) is 55.9 Å². The van der Waals surface area contributed by atoms with Gasteiger partial charge in [-0.05, 0) is 36.4 Å². The zero-order valence-corrected chi connectivity index (χ0v) is 12.7. The number of anilines is 2. The SMILES string of the molecule is CCc1nc2cc(Nc3ccccc3-n3cccn3)ccc2o1. The number of oxazole rings is 1. The molecule has 2 aromatic heterocycles. The molecule has 0 fully saturated rings. The largest absolute Gasteiger partial charge is 0.441 e. The lowest BCUT2D eigenvalue weighted by atomic mass is 10.2. The van der Waals surface area contributed by atoms with Crippen molar-refractivity contribution in [3.63, 3.8) is 0 Å². The Balaban J connectivity index is 1.71. The van der Waals surface area contributed by atoms with Gasteiger partial charge in [-0.3, -0.25) is 0 Å². The molecule has 0 saturated heterocycles. The van der Waals surface area contributed by atoms with Gasteiger partial charge in [0, 0.05) is 24.5 Å². The summed E-state index contributed by atoms with van der Waals surface area (Å²) < 4.78 is 7.49. The van der Waals surface area contributed by atoms with E-state index in [0.29, 0.717) is 0 Å². The maximum Gasteiger partial charge on any atom is 0.195 e. The Morgan fingerprint density at radius 3 is 2.87 bits per heavy atom. The van der Waals surface area contributed by atoms with Crippen LogP contribution in [0.15, 0.2) is 65.3 Å². The number of rotatable bonds is 4. The number of hydrogen-bond donors (Lipinski definition) is 1. The zero-order chi connectivity index (χ0) is 15.6. The van der Waals surface area contributed by atoms with Crippen LogP contribution < -0.4 is 5.32 Å². The number of nitrogens with one attached hydrogen (secondary N) is 1. The molecule has 4 rings (SSSR count). The molecule has 0 spiro atoms. The van der Waals surface area contributed by atoms with Gasteiger partial charge in [0.05, 0.1) is 11.4 Å². The zero-order valence-electron chi connectivity index (χ0n) is 12.7. The standard InChI is InChI=1S/C18H16N4O/c1-2-18-21-15-12-13(8-9-17(15)23-18)20-14-6-3-4-7-16(14)22-11-5-10-19-22/h3-12,20H,2H2,1H3. The maximum atomic E-state index is 5.65. The van der Waals surface area contributed by atoms with E-state index in [2.05, 4.69) is 15.4 Å². The monoisotopic (exact) mass is 304 g/mol. The number of aryl methyl sites for hydroxylation is 1. The van der Waals surface area contributed by atoms with Gasteiger partial charge in [0.25, 0.3) is 0 Å². The summed E-state index contributed by atoms with van der Waals surface area (Å²) in [6.07, 6.45) is 4.49. The molecule has 0 aliphatic carbocycles. The van der Waals surface area contributed by atoms with Gasteiger partial charge in [0.15, 0.2) is 11.5 Å². The molecule has 4 aromatic rings. The Morgan fingerprint density at radius 2 is 2.04 bits per heavy atom. The molecule has 0 atom stereocenters. The maximum absolute atomic E-state index is 5.65. The summed E-state index contributed by atoms with van der Waals surface area (Å²) in [6, 6.07) is 15.9. The summed E-state index contributed by atoms with van der Waals surface area (Å²) in [5.41, 5.74) is 4.62. The number of benzene rings is 2. The highest BCUT2D eigenvalue weighted by Crippen LogP contribution is 2.26. The smallest absolute Gasteiger partial charge is 0.195 e. The van der Waals surface area contributed by atoms with Gasteiger partial charge in [-0.15, -0.1) is 0 Å². The minimum atomic E-state index is 0.758. The molecular weight excluding hydrogens is 288 g/mol. The minimum Gasteiger partial charge on any atom is -0.441 e. The lowest BCUT2D eigenvalue weighted by molar-refractivity contribution is 0.538. The second-order valence-electron chi connectivity index (χ2n) is 5.24. The molecule has 5 heteroatoms. The highest BCUT2D eigenvalue weighted by molar-refractivity contribution is 5.80. The van der Waals surface area contributed by atoms with Crippen LogP contribution in [0.2, 0.25) is 0 Å². The van der Waals surface area contributed by atoms with Crippen molar-refractivity contribution < 1.29 is 4.42 Å². The summed E-state index contributed by atoms with van der Waals surface area (Å²) >= 11 is 0. The average molecular weight is 304 g/mol. The van der Waals surface area contributed by atoms with Crippen molar-refractivity contribution in [2.75, 3.05) is 5.32 Å². The number of aromatic nitrogens is 3. The van der Waals surface area contributed by atoms with Crippen molar-refractivity contribution in [1.82, 2.24) is 14.8 Å². The van der Waals surface area contributed by atoms with Crippen molar-refractivity contribution in [3.05, 3.63) is 66.8 Å². The molecule has 2 heterocycles. The molecule has 0 bridgehead atoms. The molecule has 0 saturated carbocycles. The molecule has 23 heavy (non-hydrogen) atoms. The molecule has 0 aliphatic rings. The van der Waals surface area contributed by atoms with E-state index in [0.717, 1.165) is 40.5 Å². The normalized spacial score (nSPS) is 11.0. The Hall–Kier alpha value is -3.08. The first-order valence-corrected chi connectivity index (χ1v) is 7.59. The van der Waals surface area contributed by atoms with Crippen molar-refractivity contribution in [2.24, 2.45) is 0 Å². The molecule has 1 N–H and O–H groups in total. The fourth-order valence-corrected chi connectivity index (χ4v) is 2.55.